The average molecular weight is 313 g/mol. The van der Waals surface area contributed by atoms with E-state index in [1.165, 1.54) is 29.6 Å². The second kappa shape index (κ2) is 5.98. The summed E-state index contributed by atoms with van der Waals surface area (Å²) < 4.78 is 26.6. The highest BCUT2D eigenvalue weighted by molar-refractivity contribution is 7.89. The van der Waals surface area contributed by atoms with Gasteiger partial charge in [0.15, 0.2) is 0 Å². The fraction of sp³-hybridized carbons (Fsp3) is 0.538. The smallest absolute Gasteiger partial charge is 0.292 e. The van der Waals surface area contributed by atoms with Crippen LogP contribution in [0.2, 0.25) is 0 Å². The molecule has 7 nitrogen and oxygen atoms in total. The Kier molecular flexibility index (Phi) is 4.48. The fourth-order valence-electron chi connectivity index (χ4n) is 2.17. The molecule has 0 amide bonds. The molecule has 0 bridgehead atoms. The maximum Gasteiger partial charge on any atom is 0.292 e. The van der Waals surface area contributed by atoms with Crippen LogP contribution in [0.1, 0.15) is 19.8 Å². The lowest BCUT2D eigenvalue weighted by atomic mass is 10.3. The van der Waals surface area contributed by atoms with Crippen molar-refractivity contribution < 1.29 is 13.3 Å². The van der Waals surface area contributed by atoms with Gasteiger partial charge >= 0.3 is 0 Å². The maximum atomic E-state index is 12.6. The van der Waals surface area contributed by atoms with Crippen molar-refractivity contribution in [2.45, 2.75) is 24.7 Å². The Morgan fingerprint density at radius 3 is 2.57 bits per heavy atom. The van der Waals surface area contributed by atoms with Crippen molar-refractivity contribution >= 4 is 21.4 Å². The zero-order chi connectivity index (χ0) is 15.6. The number of sulfonamides is 1. The summed E-state index contributed by atoms with van der Waals surface area (Å²) in [6.45, 7) is 2.71. The topological polar surface area (TPSA) is 92.5 Å². The van der Waals surface area contributed by atoms with Gasteiger partial charge in [-0.3, -0.25) is 10.1 Å². The van der Waals surface area contributed by atoms with Crippen LogP contribution in [0, 0.1) is 16.0 Å². The number of nitrogens with zero attached hydrogens (tertiary/aromatic N) is 2. The minimum atomic E-state index is -3.61. The molecule has 8 heteroatoms. The molecule has 0 spiro atoms. The van der Waals surface area contributed by atoms with Crippen LogP contribution in [0.5, 0.6) is 0 Å². The molecular weight excluding hydrogens is 294 g/mol. The number of nitro benzene ring substituents is 1. The first-order chi connectivity index (χ1) is 9.90. The zero-order valence-electron chi connectivity index (χ0n) is 12.1. The summed E-state index contributed by atoms with van der Waals surface area (Å²) >= 11 is 0. The number of hydrogen-bond acceptors (Lipinski definition) is 5. The molecule has 0 heterocycles. The largest absolute Gasteiger partial charge is 0.383 e. The van der Waals surface area contributed by atoms with Gasteiger partial charge in [0.05, 0.1) is 9.82 Å². The number of hydrogen-bond donors (Lipinski definition) is 1. The molecule has 1 aliphatic carbocycles. The van der Waals surface area contributed by atoms with Crippen LogP contribution >= 0.6 is 0 Å². The van der Waals surface area contributed by atoms with Gasteiger partial charge < -0.3 is 5.32 Å². The Hall–Kier alpha value is -1.67. The van der Waals surface area contributed by atoms with Gasteiger partial charge in [-0.05, 0) is 30.9 Å². The van der Waals surface area contributed by atoms with Crippen molar-refractivity contribution in [3.05, 3.63) is 28.3 Å². The van der Waals surface area contributed by atoms with Crippen LogP contribution in [-0.4, -0.2) is 37.8 Å². The third-order valence-corrected chi connectivity index (χ3v) is 5.52. The second-order valence-electron chi connectivity index (χ2n) is 5.09. The lowest BCUT2D eigenvalue weighted by Gasteiger charge is -2.20. The molecule has 0 saturated heterocycles. The number of nitro groups is 1. The molecule has 0 atom stereocenters. The summed E-state index contributed by atoms with van der Waals surface area (Å²) in [6, 6.07) is 3.84. The first kappa shape index (κ1) is 15.7. The van der Waals surface area contributed by atoms with Gasteiger partial charge in [0, 0.05) is 26.2 Å². The number of nitrogens with one attached hydrogen (secondary N) is 1. The van der Waals surface area contributed by atoms with Crippen LogP contribution < -0.4 is 5.32 Å². The summed E-state index contributed by atoms with van der Waals surface area (Å²) in [5, 5.41) is 13.6. The van der Waals surface area contributed by atoms with E-state index in [9.17, 15) is 18.5 Å². The second-order valence-corrected chi connectivity index (χ2v) is 7.02. The first-order valence-electron chi connectivity index (χ1n) is 6.86. The van der Waals surface area contributed by atoms with Crippen LogP contribution in [0.3, 0.4) is 0 Å². The van der Waals surface area contributed by atoms with Gasteiger partial charge in [0.2, 0.25) is 10.0 Å². The quantitative estimate of drug-likeness (QED) is 0.614. The summed E-state index contributed by atoms with van der Waals surface area (Å²) in [7, 11) is -2.08. The Labute approximate surface area is 124 Å². The summed E-state index contributed by atoms with van der Waals surface area (Å²) in [4.78, 5) is 10.4. The van der Waals surface area contributed by atoms with E-state index in [-0.39, 0.29) is 16.3 Å². The lowest BCUT2D eigenvalue weighted by Crippen LogP contribution is -2.32. The molecule has 0 aliphatic heterocycles. The molecule has 116 valence electrons. The van der Waals surface area contributed by atoms with Crippen LogP contribution in [-0.2, 0) is 10.0 Å². The highest BCUT2D eigenvalue weighted by atomic mass is 32.2. The van der Waals surface area contributed by atoms with Crippen molar-refractivity contribution in [2.24, 2.45) is 5.92 Å². The Morgan fingerprint density at radius 1 is 1.43 bits per heavy atom. The molecule has 1 saturated carbocycles. The first-order valence-corrected chi connectivity index (χ1v) is 8.30. The SMILES string of the molecule is CCN(CC1CC1)S(=O)(=O)c1ccc([N+](=O)[O-])c(NC)c1. The van der Waals surface area contributed by atoms with Crippen molar-refractivity contribution in [1.82, 2.24) is 4.31 Å². The number of benzene rings is 1. The summed E-state index contributed by atoms with van der Waals surface area (Å²) in [5.41, 5.74) is 0.0604. The Balaban J connectivity index is 2.36. The minimum Gasteiger partial charge on any atom is -0.383 e. The normalized spacial score (nSPS) is 15.2. The molecule has 1 aromatic rings. The molecule has 2 rings (SSSR count). The van der Waals surface area contributed by atoms with Crippen molar-refractivity contribution in [1.29, 1.82) is 0 Å². The molecular formula is C13H19N3O4S. The third kappa shape index (κ3) is 3.33. The van der Waals surface area contributed by atoms with Crippen LogP contribution in [0.15, 0.2) is 23.1 Å². The monoisotopic (exact) mass is 313 g/mol. The predicted molar refractivity (Wildman–Crippen MR) is 79.8 cm³/mol. The predicted octanol–water partition coefficient (Wildman–Crippen LogP) is 2.06. The molecule has 0 unspecified atom stereocenters. The van der Waals surface area contributed by atoms with Gasteiger partial charge in [0.25, 0.3) is 5.69 Å². The molecule has 1 aliphatic rings. The fourth-order valence-corrected chi connectivity index (χ4v) is 3.72. The van der Waals surface area contributed by atoms with E-state index in [0.717, 1.165) is 12.8 Å². The van der Waals surface area contributed by atoms with Gasteiger partial charge in [-0.25, -0.2) is 8.42 Å². The third-order valence-electron chi connectivity index (χ3n) is 3.58. The highest BCUT2D eigenvalue weighted by Crippen LogP contribution is 2.33. The summed E-state index contributed by atoms with van der Waals surface area (Å²) in [5.74, 6) is 0.446. The molecule has 0 radical (unpaired) electrons. The molecule has 1 fully saturated rings. The summed E-state index contributed by atoms with van der Waals surface area (Å²) in [6.07, 6.45) is 2.13. The van der Waals surface area contributed by atoms with Crippen molar-refractivity contribution in [3.63, 3.8) is 0 Å². The van der Waals surface area contributed by atoms with E-state index in [4.69, 9.17) is 0 Å². The van der Waals surface area contributed by atoms with E-state index in [2.05, 4.69) is 5.32 Å². The Morgan fingerprint density at radius 2 is 2.10 bits per heavy atom. The van der Waals surface area contributed by atoms with Gasteiger partial charge in [-0.15, -0.1) is 0 Å². The molecule has 21 heavy (non-hydrogen) atoms. The van der Waals surface area contributed by atoms with Crippen LogP contribution in [0.4, 0.5) is 11.4 Å². The van der Waals surface area contributed by atoms with E-state index in [0.29, 0.717) is 19.0 Å². The van der Waals surface area contributed by atoms with E-state index < -0.39 is 14.9 Å². The van der Waals surface area contributed by atoms with Gasteiger partial charge in [-0.2, -0.15) is 4.31 Å². The molecule has 0 aromatic heterocycles. The standard InChI is InChI=1S/C13H19N3O4S/c1-3-15(9-10-4-5-10)21(19,20)11-6-7-13(16(17)18)12(8-11)14-2/h6-8,10,14H,3-5,9H2,1-2H3. The number of rotatable bonds is 7. The average Bonchev–Trinajstić information content (AvgIpc) is 3.27. The lowest BCUT2D eigenvalue weighted by molar-refractivity contribution is -0.384. The van der Waals surface area contributed by atoms with Gasteiger partial charge in [-0.1, -0.05) is 6.92 Å². The van der Waals surface area contributed by atoms with E-state index in [1.807, 2.05) is 0 Å². The van der Waals surface area contributed by atoms with E-state index >= 15 is 0 Å². The maximum absolute atomic E-state index is 12.6. The Bertz CT molecular complexity index is 641. The van der Waals surface area contributed by atoms with Crippen molar-refractivity contribution in [2.75, 3.05) is 25.5 Å². The van der Waals surface area contributed by atoms with Crippen LogP contribution in [0.25, 0.3) is 0 Å². The molecule has 1 aromatic carbocycles. The van der Waals surface area contributed by atoms with Crippen molar-refractivity contribution in [3.8, 4) is 0 Å². The molecule has 1 N–H and O–H groups in total. The highest BCUT2D eigenvalue weighted by Gasteiger charge is 2.31. The van der Waals surface area contributed by atoms with E-state index in [1.54, 1.807) is 6.92 Å². The minimum absolute atomic E-state index is 0.0833. The zero-order valence-corrected chi connectivity index (χ0v) is 12.9. The number of anilines is 1. The van der Waals surface area contributed by atoms with Gasteiger partial charge in [0.1, 0.15) is 5.69 Å².